The Bertz CT molecular complexity index is 1180. The van der Waals surface area contributed by atoms with Crippen LogP contribution in [0.2, 0.25) is 0 Å². The molecule has 1 fully saturated rings. The van der Waals surface area contributed by atoms with Gasteiger partial charge in [-0.15, -0.1) is 0 Å². The molecule has 13 heteroatoms. The van der Waals surface area contributed by atoms with Crippen molar-refractivity contribution in [3.8, 4) is 6.07 Å². The van der Waals surface area contributed by atoms with Gasteiger partial charge in [-0.2, -0.15) is 5.26 Å². The molecule has 1 aliphatic heterocycles. The van der Waals surface area contributed by atoms with Gasteiger partial charge in [0.2, 0.25) is 0 Å². The molecule has 0 aromatic carbocycles. The minimum Gasteiger partial charge on any atom is -0.444 e. The lowest BCUT2D eigenvalue weighted by Gasteiger charge is -2.28. The lowest BCUT2D eigenvalue weighted by Crippen LogP contribution is -2.48. The number of aromatic nitrogens is 2. The van der Waals surface area contributed by atoms with Crippen LogP contribution in [0.3, 0.4) is 0 Å². The van der Waals surface area contributed by atoms with Gasteiger partial charge < -0.3 is 35.1 Å². The minimum absolute atomic E-state index is 0.00429. The van der Waals surface area contributed by atoms with Gasteiger partial charge >= 0.3 is 6.09 Å². The van der Waals surface area contributed by atoms with E-state index in [9.17, 15) is 18.8 Å². The number of anilines is 4. The summed E-state index contributed by atoms with van der Waals surface area (Å²) < 4.78 is 45.9. The molecule has 1 saturated heterocycles. The van der Waals surface area contributed by atoms with Crippen molar-refractivity contribution in [3.05, 3.63) is 35.5 Å². The first-order valence-corrected chi connectivity index (χ1v) is 12.7. The van der Waals surface area contributed by atoms with Crippen molar-refractivity contribution in [2.45, 2.75) is 52.3 Å². The summed E-state index contributed by atoms with van der Waals surface area (Å²) in [5.74, 6) is -1.32. The summed E-state index contributed by atoms with van der Waals surface area (Å²) in [4.78, 5) is 22.5. The van der Waals surface area contributed by atoms with Gasteiger partial charge in [0, 0.05) is 25.8 Å². The number of pyridine rings is 2. The standard InChI is InChI=1S/C26H35F2N7O4/c1-6-37-15-21(16(2)31-25(36)39-26(3,4)5)33-23-19(27)11-17(13-29)22(34-23)32-18-12-20(28)24(30-14-18)35-7-9-38-10-8-35/h11-12,14,16,21H,6-10,15H2,1-5H3,(H,31,36)(H2,32,33,34)/t16-,21+/m0/s1. The number of nitrogens with one attached hydrogen (secondary N) is 3. The Morgan fingerprint density at radius 3 is 2.56 bits per heavy atom. The Labute approximate surface area is 226 Å². The Kier molecular flexibility index (Phi) is 10.2. The molecule has 39 heavy (non-hydrogen) atoms. The number of amides is 1. The topological polar surface area (TPSA) is 134 Å². The van der Waals surface area contributed by atoms with Crippen molar-refractivity contribution in [2.75, 3.05) is 55.1 Å². The van der Waals surface area contributed by atoms with Crippen LogP contribution >= 0.6 is 0 Å². The van der Waals surface area contributed by atoms with Gasteiger partial charge in [-0.05, 0) is 40.7 Å². The van der Waals surface area contributed by atoms with Crippen LogP contribution in [-0.4, -0.2) is 73.3 Å². The van der Waals surface area contributed by atoms with Crippen LogP contribution in [0, 0.1) is 23.0 Å². The maximum Gasteiger partial charge on any atom is 0.407 e. The summed E-state index contributed by atoms with van der Waals surface area (Å²) in [7, 11) is 0. The third-order valence-corrected chi connectivity index (χ3v) is 5.66. The fraction of sp³-hybridized carbons (Fsp3) is 0.538. The minimum atomic E-state index is -0.782. The van der Waals surface area contributed by atoms with Crippen LogP contribution in [0.25, 0.3) is 0 Å². The molecule has 11 nitrogen and oxygen atoms in total. The summed E-state index contributed by atoms with van der Waals surface area (Å²) in [6.07, 6.45) is 0.779. The van der Waals surface area contributed by atoms with E-state index in [1.165, 1.54) is 12.3 Å². The normalized spacial score (nSPS) is 15.2. The zero-order valence-electron chi connectivity index (χ0n) is 22.8. The second-order valence-electron chi connectivity index (χ2n) is 9.93. The Hall–Kier alpha value is -3.76. The Morgan fingerprint density at radius 1 is 1.23 bits per heavy atom. The molecule has 1 amide bonds. The number of carbonyl (C=O) groups is 1. The molecular formula is C26H35F2N7O4. The molecule has 1 aliphatic rings. The van der Waals surface area contributed by atoms with Gasteiger partial charge in [-0.25, -0.2) is 23.5 Å². The van der Waals surface area contributed by atoms with E-state index in [-0.39, 0.29) is 35.3 Å². The molecule has 0 saturated carbocycles. The number of hydrogen-bond donors (Lipinski definition) is 3. The summed E-state index contributed by atoms with van der Waals surface area (Å²) in [5.41, 5.74) is -0.545. The highest BCUT2D eigenvalue weighted by Gasteiger charge is 2.25. The summed E-state index contributed by atoms with van der Waals surface area (Å²) in [6.45, 7) is 11.3. The summed E-state index contributed by atoms with van der Waals surface area (Å²) >= 11 is 0. The third-order valence-electron chi connectivity index (χ3n) is 5.66. The lowest BCUT2D eigenvalue weighted by molar-refractivity contribution is 0.0488. The molecule has 3 N–H and O–H groups in total. The van der Waals surface area contributed by atoms with Crippen LogP contribution < -0.4 is 20.9 Å². The summed E-state index contributed by atoms with van der Waals surface area (Å²) in [6, 6.07) is 3.00. The van der Waals surface area contributed by atoms with Gasteiger partial charge in [0.1, 0.15) is 11.7 Å². The fourth-order valence-corrected chi connectivity index (χ4v) is 3.74. The number of hydrogen-bond acceptors (Lipinski definition) is 10. The molecular weight excluding hydrogens is 512 g/mol. The molecule has 0 unspecified atom stereocenters. The first-order chi connectivity index (χ1) is 18.5. The van der Waals surface area contributed by atoms with Crippen molar-refractivity contribution in [3.63, 3.8) is 0 Å². The zero-order valence-corrected chi connectivity index (χ0v) is 22.8. The van der Waals surface area contributed by atoms with Crippen molar-refractivity contribution < 1.29 is 27.8 Å². The Balaban J connectivity index is 1.81. The van der Waals surface area contributed by atoms with Crippen LogP contribution in [0.1, 0.15) is 40.2 Å². The Morgan fingerprint density at radius 2 is 1.95 bits per heavy atom. The molecule has 3 rings (SSSR count). The molecule has 2 aromatic heterocycles. The number of halogens is 2. The van der Waals surface area contributed by atoms with E-state index >= 15 is 0 Å². The molecule has 0 radical (unpaired) electrons. The molecule has 0 spiro atoms. The first-order valence-electron chi connectivity index (χ1n) is 12.7. The van der Waals surface area contributed by atoms with Crippen LogP contribution in [0.5, 0.6) is 0 Å². The SMILES string of the molecule is CCOC[C@@H](Nc1nc(Nc2cnc(N3CCOCC3)c(F)c2)c(C#N)cc1F)[C@H](C)NC(=O)OC(C)(C)C. The molecule has 3 heterocycles. The smallest absolute Gasteiger partial charge is 0.407 e. The second-order valence-corrected chi connectivity index (χ2v) is 9.93. The van der Waals surface area contributed by atoms with E-state index in [2.05, 4.69) is 25.9 Å². The number of rotatable bonds is 10. The fourth-order valence-electron chi connectivity index (χ4n) is 3.74. The van der Waals surface area contributed by atoms with Crippen molar-refractivity contribution >= 4 is 29.2 Å². The lowest BCUT2D eigenvalue weighted by atomic mass is 10.1. The third kappa shape index (κ3) is 8.62. The predicted octanol–water partition coefficient (Wildman–Crippen LogP) is 3.94. The highest BCUT2D eigenvalue weighted by Crippen LogP contribution is 2.26. The molecule has 0 aliphatic carbocycles. The number of alkyl carbamates (subject to hydrolysis) is 1. The van der Waals surface area contributed by atoms with E-state index < -0.39 is 35.4 Å². The number of ether oxygens (including phenoxy) is 3. The number of nitrogens with zero attached hydrogens (tertiary/aromatic N) is 4. The quantitative estimate of drug-likeness (QED) is 0.402. The number of morpholine rings is 1. The zero-order chi connectivity index (χ0) is 28.6. The number of nitriles is 1. The maximum absolute atomic E-state index is 15.0. The highest BCUT2D eigenvalue weighted by atomic mass is 19.1. The second kappa shape index (κ2) is 13.3. The first kappa shape index (κ1) is 29.8. The van der Waals surface area contributed by atoms with E-state index in [0.717, 1.165) is 6.07 Å². The van der Waals surface area contributed by atoms with Gasteiger partial charge in [0.05, 0.1) is 49.4 Å². The molecule has 0 bridgehead atoms. The van der Waals surface area contributed by atoms with Crippen LogP contribution in [0.4, 0.5) is 36.7 Å². The van der Waals surface area contributed by atoms with Gasteiger partial charge in [-0.3, -0.25) is 0 Å². The van der Waals surface area contributed by atoms with E-state index in [1.807, 2.05) is 13.0 Å². The van der Waals surface area contributed by atoms with E-state index in [0.29, 0.717) is 32.9 Å². The summed E-state index contributed by atoms with van der Waals surface area (Å²) in [5, 5.41) is 18.1. The maximum atomic E-state index is 15.0. The average Bonchev–Trinajstić information content (AvgIpc) is 2.87. The van der Waals surface area contributed by atoms with E-state index in [1.54, 1.807) is 32.6 Å². The average molecular weight is 548 g/mol. The van der Waals surface area contributed by atoms with Crippen molar-refractivity contribution in [1.82, 2.24) is 15.3 Å². The predicted molar refractivity (Wildman–Crippen MR) is 142 cm³/mol. The van der Waals surface area contributed by atoms with Crippen LogP contribution in [0.15, 0.2) is 18.3 Å². The van der Waals surface area contributed by atoms with Gasteiger partial charge in [0.15, 0.2) is 29.1 Å². The highest BCUT2D eigenvalue weighted by molar-refractivity contribution is 5.68. The number of carbonyl (C=O) groups excluding carboxylic acids is 1. The van der Waals surface area contributed by atoms with Gasteiger partial charge in [-0.1, -0.05) is 0 Å². The largest absolute Gasteiger partial charge is 0.444 e. The van der Waals surface area contributed by atoms with Crippen molar-refractivity contribution in [2.24, 2.45) is 0 Å². The monoisotopic (exact) mass is 547 g/mol. The van der Waals surface area contributed by atoms with Gasteiger partial charge in [0.25, 0.3) is 0 Å². The van der Waals surface area contributed by atoms with E-state index in [4.69, 9.17) is 14.2 Å². The van der Waals surface area contributed by atoms with Crippen molar-refractivity contribution in [1.29, 1.82) is 5.26 Å². The van der Waals surface area contributed by atoms with Crippen LogP contribution in [-0.2, 0) is 14.2 Å². The molecule has 2 atom stereocenters. The molecule has 2 aromatic rings. The molecule has 212 valence electrons.